The lowest BCUT2D eigenvalue weighted by molar-refractivity contribution is -0.130. The Balaban J connectivity index is 1.56. The summed E-state index contributed by atoms with van der Waals surface area (Å²) in [6, 6.07) is 10.7. The standard InChI is InChI=1S/C18H17ClN6O2S/c1-11-21-22-18(24(11)20)28-10-17(26)25-15(16-3-2-8-27-16)9-14(23-25)12-4-6-13(19)7-5-12/h2-8,15H,9-10,20H2,1H3/t15-/m1/s1. The van der Waals surface area contributed by atoms with Crippen LogP contribution in [-0.2, 0) is 4.79 Å². The number of benzene rings is 1. The van der Waals surface area contributed by atoms with Crippen LogP contribution in [0.4, 0.5) is 0 Å². The lowest BCUT2D eigenvalue weighted by Crippen LogP contribution is -2.28. The molecule has 1 aromatic carbocycles. The van der Waals surface area contributed by atoms with E-state index in [1.807, 2.05) is 18.2 Å². The molecule has 3 heterocycles. The number of hydrogen-bond donors (Lipinski definition) is 1. The molecule has 0 saturated carbocycles. The fourth-order valence-electron chi connectivity index (χ4n) is 2.90. The number of hydrogen-bond acceptors (Lipinski definition) is 7. The van der Waals surface area contributed by atoms with Crippen LogP contribution >= 0.6 is 23.4 Å². The number of amides is 1. The number of nitrogens with two attached hydrogens (primary N) is 1. The maximum Gasteiger partial charge on any atom is 0.253 e. The van der Waals surface area contributed by atoms with Gasteiger partial charge in [0.05, 0.1) is 17.7 Å². The lowest BCUT2D eigenvalue weighted by Gasteiger charge is -2.19. The summed E-state index contributed by atoms with van der Waals surface area (Å²) in [7, 11) is 0. The minimum atomic E-state index is -0.300. The van der Waals surface area contributed by atoms with E-state index in [0.29, 0.717) is 28.2 Å². The molecule has 4 rings (SSSR count). The van der Waals surface area contributed by atoms with Gasteiger partial charge in [-0.1, -0.05) is 35.5 Å². The van der Waals surface area contributed by atoms with Crippen LogP contribution in [0.3, 0.4) is 0 Å². The van der Waals surface area contributed by atoms with Crippen molar-refractivity contribution in [3.63, 3.8) is 0 Å². The van der Waals surface area contributed by atoms with Crippen LogP contribution in [0, 0.1) is 6.92 Å². The molecule has 1 aliphatic heterocycles. The van der Waals surface area contributed by atoms with Crippen LogP contribution in [0.1, 0.15) is 29.6 Å². The number of aryl methyl sites for hydroxylation is 1. The average molecular weight is 417 g/mol. The predicted octanol–water partition coefficient (Wildman–Crippen LogP) is 3.02. The molecule has 2 aromatic heterocycles. The van der Waals surface area contributed by atoms with E-state index in [2.05, 4.69) is 15.3 Å². The number of nitrogens with zero attached hydrogens (tertiary/aromatic N) is 5. The van der Waals surface area contributed by atoms with Crippen LogP contribution in [0.5, 0.6) is 0 Å². The molecule has 0 unspecified atom stereocenters. The van der Waals surface area contributed by atoms with Gasteiger partial charge >= 0.3 is 0 Å². The Morgan fingerprint density at radius 1 is 1.32 bits per heavy atom. The number of nitrogen functional groups attached to an aromatic ring is 1. The maximum absolute atomic E-state index is 12.9. The number of aromatic nitrogens is 3. The van der Waals surface area contributed by atoms with Gasteiger partial charge in [-0.15, -0.1) is 10.2 Å². The van der Waals surface area contributed by atoms with Crippen molar-refractivity contribution in [2.75, 3.05) is 11.6 Å². The van der Waals surface area contributed by atoms with Crippen molar-refractivity contribution in [1.29, 1.82) is 0 Å². The highest BCUT2D eigenvalue weighted by molar-refractivity contribution is 7.99. The van der Waals surface area contributed by atoms with Gasteiger partial charge in [-0.25, -0.2) is 9.69 Å². The van der Waals surface area contributed by atoms with Gasteiger partial charge < -0.3 is 10.3 Å². The second-order valence-corrected chi connectivity index (χ2v) is 7.59. The van der Waals surface area contributed by atoms with E-state index in [1.54, 1.807) is 31.4 Å². The summed E-state index contributed by atoms with van der Waals surface area (Å²) in [5.41, 5.74) is 1.72. The first kappa shape index (κ1) is 18.6. The van der Waals surface area contributed by atoms with Crippen molar-refractivity contribution < 1.29 is 9.21 Å². The van der Waals surface area contributed by atoms with E-state index in [-0.39, 0.29) is 17.7 Å². The summed E-state index contributed by atoms with van der Waals surface area (Å²) >= 11 is 7.19. The second kappa shape index (κ2) is 7.69. The van der Waals surface area contributed by atoms with Gasteiger partial charge in [-0.2, -0.15) is 5.10 Å². The Morgan fingerprint density at radius 3 is 2.75 bits per heavy atom. The molecule has 1 amide bonds. The fraction of sp³-hybridized carbons (Fsp3) is 0.222. The third-order valence-corrected chi connectivity index (χ3v) is 5.55. The zero-order valence-corrected chi connectivity index (χ0v) is 16.5. The van der Waals surface area contributed by atoms with Gasteiger partial charge in [0, 0.05) is 11.4 Å². The van der Waals surface area contributed by atoms with E-state index in [9.17, 15) is 4.79 Å². The molecule has 2 N–H and O–H groups in total. The Bertz CT molecular complexity index is 1020. The van der Waals surface area contributed by atoms with E-state index in [4.69, 9.17) is 21.9 Å². The van der Waals surface area contributed by atoms with Crippen molar-refractivity contribution in [2.45, 2.75) is 24.5 Å². The monoisotopic (exact) mass is 416 g/mol. The van der Waals surface area contributed by atoms with Crippen molar-refractivity contribution in [1.82, 2.24) is 19.9 Å². The highest BCUT2D eigenvalue weighted by atomic mass is 35.5. The van der Waals surface area contributed by atoms with Crippen molar-refractivity contribution in [3.8, 4) is 0 Å². The first-order valence-electron chi connectivity index (χ1n) is 8.51. The highest BCUT2D eigenvalue weighted by Crippen LogP contribution is 2.34. The first-order valence-corrected chi connectivity index (χ1v) is 9.88. The number of carbonyl (C=O) groups is 1. The van der Waals surface area contributed by atoms with Gasteiger partial charge in [-0.3, -0.25) is 4.79 Å². The molecule has 1 aliphatic rings. The molecule has 10 heteroatoms. The summed E-state index contributed by atoms with van der Waals surface area (Å²) in [5, 5.41) is 15.0. The van der Waals surface area contributed by atoms with Gasteiger partial charge in [0.25, 0.3) is 5.91 Å². The number of furan rings is 1. The van der Waals surface area contributed by atoms with Crippen LogP contribution in [0.2, 0.25) is 5.02 Å². The first-order chi connectivity index (χ1) is 13.5. The molecular weight excluding hydrogens is 400 g/mol. The smallest absolute Gasteiger partial charge is 0.253 e. The van der Waals surface area contributed by atoms with Crippen molar-refractivity contribution in [2.24, 2.45) is 5.10 Å². The summed E-state index contributed by atoms with van der Waals surface area (Å²) in [4.78, 5) is 12.9. The summed E-state index contributed by atoms with van der Waals surface area (Å²) in [6.07, 6.45) is 2.14. The summed E-state index contributed by atoms with van der Waals surface area (Å²) < 4.78 is 6.90. The fourth-order valence-corrected chi connectivity index (χ4v) is 3.78. The van der Waals surface area contributed by atoms with Crippen LogP contribution in [0.25, 0.3) is 0 Å². The second-order valence-electron chi connectivity index (χ2n) is 6.22. The van der Waals surface area contributed by atoms with E-state index >= 15 is 0 Å². The molecule has 0 bridgehead atoms. The Kier molecular flexibility index (Phi) is 5.10. The van der Waals surface area contributed by atoms with Crippen LogP contribution in [-0.4, -0.2) is 37.3 Å². The Hall–Kier alpha value is -2.78. The summed E-state index contributed by atoms with van der Waals surface area (Å²) in [5.74, 6) is 7.07. The van der Waals surface area contributed by atoms with Gasteiger partial charge in [0.1, 0.15) is 17.6 Å². The zero-order chi connectivity index (χ0) is 19.7. The Labute approximate surface area is 170 Å². The quantitative estimate of drug-likeness (QED) is 0.506. The third-order valence-electron chi connectivity index (χ3n) is 4.37. The average Bonchev–Trinajstić information content (AvgIpc) is 3.42. The van der Waals surface area contributed by atoms with E-state index < -0.39 is 0 Å². The Morgan fingerprint density at radius 2 is 2.11 bits per heavy atom. The number of hydrazone groups is 1. The van der Waals surface area contributed by atoms with E-state index in [1.165, 1.54) is 21.4 Å². The molecule has 1 atom stereocenters. The third kappa shape index (κ3) is 3.63. The molecule has 0 aliphatic carbocycles. The number of thioether (sulfide) groups is 1. The normalized spacial score (nSPS) is 16.4. The number of halogens is 1. The molecule has 144 valence electrons. The van der Waals surface area contributed by atoms with Gasteiger partial charge in [-0.05, 0) is 36.8 Å². The topological polar surface area (TPSA) is 103 Å². The molecular formula is C18H17ClN6O2S. The molecule has 8 nitrogen and oxygen atoms in total. The molecule has 0 radical (unpaired) electrons. The predicted molar refractivity (Wildman–Crippen MR) is 107 cm³/mol. The van der Waals surface area contributed by atoms with Crippen LogP contribution < -0.4 is 5.84 Å². The maximum atomic E-state index is 12.9. The zero-order valence-electron chi connectivity index (χ0n) is 14.9. The lowest BCUT2D eigenvalue weighted by atomic mass is 10.0. The van der Waals surface area contributed by atoms with E-state index in [0.717, 1.165) is 11.3 Å². The largest absolute Gasteiger partial charge is 0.467 e. The number of carbonyl (C=O) groups excluding carboxylic acids is 1. The highest BCUT2D eigenvalue weighted by Gasteiger charge is 2.34. The van der Waals surface area contributed by atoms with Gasteiger partial charge in [0.15, 0.2) is 0 Å². The van der Waals surface area contributed by atoms with Crippen LogP contribution in [0.15, 0.2) is 57.3 Å². The molecule has 28 heavy (non-hydrogen) atoms. The van der Waals surface area contributed by atoms with Gasteiger partial charge in [0.2, 0.25) is 5.16 Å². The molecule has 0 fully saturated rings. The number of rotatable bonds is 5. The van der Waals surface area contributed by atoms with Crippen molar-refractivity contribution in [3.05, 3.63) is 64.8 Å². The molecule has 0 spiro atoms. The minimum absolute atomic E-state index is 0.129. The molecule has 3 aromatic rings. The minimum Gasteiger partial charge on any atom is -0.467 e. The SMILES string of the molecule is Cc1nnc(SCC(=O)N2N=C(c3ccc(Cl)cc3)C[C@@H]2c2ccco2)n1N. The molecule has 0 saturated heterocycles. The van der Waals surface area contributed by atoms with Crippen molar-refractivity contribution >= 4 is 35.0 Å². The summed E-state index contributed by atoms with van der Waals surface area (Å²) in [6.45, 7) is 1.75.